The number of rotatable bonds is 4. The summed E-state index contributed by atoms with van der Waals surface area (Å²) in [7, 11) is 0. The highest BCUT2D eigenvalue weighted by Gasteiger charge is 2.27. The van der Waals surface area contributed by atoms with E-state index in [1.54, 1.807) is 34.0 Å². The lowest BCUT2D eigenvalue weighted by molar-refractivity contribution is -0.384. The summed E-state index contributed by atoms with van der Waals surface area (Å²) in [5.41, 5.74) is 1.51. The van der Waals surface area contributed by atoms with E-state index in [0.29, 0.717) is 25.4 Å². The molecule has 1 aliphatic heterocycles. The van der Waals surface area contributed by atoms with E-state index in [-0.39, 0.29) is 23.3 Å². The summed E-state index contributed by atoms with van der Waals surface area (Å²) in [4.78, 5) is 29.6. The van der Waals surface area contributed by atoms with Gasteiger partial charge in [0.1, 0.15) is 11.8 Å². The van der Waals surface area contributed by atoms with Crippen molar-refractivity contribution in [2.24, 2.45) is 0 Å². The van der Waals surface area contributed by atoms with Gasteiger partial charge >= 0.3 is 0 Å². The summed E-state index contributed by atoms with van der Waals surface area (Å²) in [6.07, 6.45) is 4.44. The molecular weight excluding hydrogens is 360 g/mol. The number of nitro groups is 1. The first kappa shape index (κ1) is 17.9. The zero-order chi connectivity index (χ0) is 19.5. The molecule has 1 saturated heterocycles. The number of hydrogen-bond acceptors (Lipinski definition) is 5. The molecule has 2 aromatic carbocycles. The number of benzene rings is 2. The van der Waals surface area contributed by atoms with E-state index in [1.807, 2.05) is 30.3 Å². The normalized spacial score (nSPS) is 16.7. The van der Waals surface area contributed by atoms with Crippen molar-refractivity contribution in [2.75, 3.05) is 19.7 Å². The molecular formula is C20H18N4O4. The molecule has 0 radical (unpaired) electrons. The van der Waals surface area contributed by atoms with Crippen molar-refractivity contribution >= 4 is 11.6 Å². The summed E-state index contributed by atoms with van der Waals surface area (Å²) in [6, 6.07) is 14.2. The third kappa shape index (κ3) is 3.49. The minimum atomic E-state index is -0.488. The molecule has 8 heteroatoms. The first-order valence-electron chi connectivity index (χ1n) is 8.86. The largest absolute Gasteiger partial charge is 0.370 e. The second-order valence-electron chi connectivity index (χ2n) is 6.45. The van der Waals surface area contributed by atoms with Crippen LogP contribution < -0.4 is 0 Å². The van der Waals surface area contributed by atoms with Crippen molar-refractivity contribution in [2.45, 2.75) is 6.10 Å². The lowest BCUT2D eigenvalue weighted by Gasteiger charge is -2.33. The molecule has 142 valence electrons. The van der Waals surface area contributed by atoms with E-state index in [4.69, 9.17) is 4.74 Å². The molecule has 0 spiro atoms. The average Bonchev–Trinajstić information content (AvgIpc) is 3.28. The molecule has 28 heavy (non-hydrogen) atoms. The first-order chi connectivity index (χ1) is 13.6. The number of carbonyl (C=O) groups excluding carboxylic acids is 1. The number of nitrogens with zero attached hydrogens (tertiary/aromatic N) is 4. The van der Waals surface area contributed by atoms with Crippen molar-refractivity contribution in [1.29, 1.82) is 0 Å². The van der Waals surface area contributed by atoms with Gasteiger partial charge in [0.2, 0.25) is 0 Å². The highest BCUT2D eigenvalue weighted by molar-refractivity contribution is 5.95. The first-order valence-corrected chi connectivity index (χ1v) is 8.86. The van der Waals surface area contributed by atoms with Gasteiger partial charge in [0.05, 0.1) is 24.4 Å². The van der Waals surface area contributed by atoms with Crippen LogP contribution in [0.25, 0.3) is 5.69 Å². The van der Waals surface area contributed by atoms with E-state index >= 15 is 0 Å². The zero-order valence-corrected chi connectivity index (χ0v) is 15.0. The van der Waals surface area contributed by atoms with Crippen LogP contribution >= 0.6 is 0 Å². The molecule has 4 rings (SSSR count). The predicted molar refractivity (Wildman–Crippen MR) is 101 cm³/mol. The van der Waals surface area contributed by atoms with E-state index in [0.717, 1.165) is 5.56 Å². The molecule has 0 N–H and O–H groups in total. The molecule has 0 bridgehead atoms. The number of hydrogen-bond donors (Lipinski definition) is 0. The maximum Gasteiger partial charge on any atom is 0.294 e. The Kier molecular flexibility index (Phi) is 4.86. The molecule has 3 aromatic rings. The molecule has 1 aliphatic rings. The van der Waals surface area contributed by atoms with Crippen LogP contribution in [0.5, 0.6) is 0 Å². The molecule has 1 unspecified atom stereocenters. The van der Waals surface area contributed by atoms with Gasteiger partial charge in [-0.1, -0.05) is 30.3 Å². The summed E-state index contributed by atoms with van der Waals surface area (Å²) < 4.78 is 7.35. The van der Waals surface area contributed by atoms with Crippen LogP contribution in [0.2, 0.25) is 0 Å². The Morgan fingerprint density at radius 1 is 1.21 bits per heavy atom. The Balaban J connectivity index is 1.59. The molecule has 8 nitrogen and oxygen atoms in total. The molecule has 2 heterocycles. The predicted octanol–water partition coefficient (Wildman–Crippen LogP) is 2.99. The van der Waals surface area contributed by atoms with Crippen LogP contribution in [0.3, 0.4) is 0 Å². The summed E-state index contributed by atoms with van der Waals surface area (Å²) in [5, 5.41) is 11.5. The van der Waals surface area contributed by atoms with Crippen LogP contribution in [0.15, 0.2) is 67.3 Å². The topological polar surface area (TPSA) is 90.5 Å². The molecule has 1 amide bonds. The second kappa shape index (κ2) is 7.61. The molecule has 1 fully saturated rings. The Morgan fingerprint density at radius 3 is 2.75 bits per heavy atom. The highest BCUT2D eigenvalue weighted by Crippen LogP contribution is 2.27. The summed E-state index contributed by atoms with van der Waals surface area (Å²) in [6.45, 7) is 1.26. The standard InChI is InChI=1S/C20H18N4O4/c25-20(22-10-11-28-19(13-22)15-4-2-1-3-5-15)16-6-7-17(18(12-16)24(26)27)23-9-8-21-14-23/h1-9,12,14,19H,10-11,13H2. The zero-order valence-electron chi connectivity index (χ0n) is 15.0. The van der Waals surface area contributed by atoms with Gasteiger partial charge in [-0.05, 0) is 17.7 Å². The third-order valence-corrected chi connectivity index (χ3v) is 4.73. The number of imidazole rings is 1. The number of carbonyl (C=O) groups is 1. The van der Waals surface area contributed by atoms with Gasteiger partial charge in [-0.2, -0.15) is 0 Å². The lowest BCUT2D eigenvalue weighted by atomic mass is 10.1. The third-order valence-electron chi connectivity index (χ3n) is 4.73. The maximum atomic E-state index is 13.0. The van der Waals surface area contributed by atoms with Crippen molar-refractivity contribution in [3.05, 3.63) is 88.5 Å². The van der Waals surface area contributed by atoms with Crippen LogP contribution in [0.4, 0.5) is 5.69 Å². The molecule has 0 aliphatic carbocycles. The van der Waals surface area contributed by atoms with Crippen LogP contribution in [-0.4, -0.2) is 45.0 Å². The van der Waals surface area contributed by atoms with Crippen LogP contribution in [-0.2, 0) is 4.74 Å². The van der Waals surface area contributed by atoms with Gasteiger partial charge in [0.15, 0.2) is 0 Å². The quantitative estimate of drug-likeness (QED) is 0.514. The second-order valence-corrected chi connectivity index (χ2v) is 6.45. The highest BCUT2D eigenvalue weighted by atomic mass is 16.6. The molecule has 0 saturated carbocycles. The SMILES string of the molecule is O=C(c1ccc(-n2ccnc2)c([N+](=O)[O-])c1)N1CCOC(c2ccccc2)C1. The Bertz CT molecular complexity index is 989. The molecule has 1 atom stereocenters. The number of aromatic nitrogens is 2. The Morgan fingerprint density at radius 2 is 2.04 bits per heavy atom. The monoisotopic (exact) mass is 378 g/mol. The van der Waals surface area contributed by atoms with Gasteiger partial charge in [-0.3, -0.25) is 14.9 Å². The number of nitro benzene ring substituents is 1. The van der Waals surface area contributed by atoms with Gasteiger partial charge in [0, 0.05) is 30.6 Å². The van der Waals surface area contributed by atoms with Crippen molar-refractivity contribution in [3.63, 3.8) is 0 Å². The number of ether oxygens (including phenoxy) is 1. The number of amides is 1. The smallest absolute Gasteiger partial charge is 0.294 e. The summed E-state index contributed by atoms with van der Waals surface area (Å²) >= 11 is 0. The van der Waals surface area contributed by atoms with Gasteiger partial charge in [-0.15, -0.1) is 0 Å². The van der Waals surface area contributed by atoms with Crippen molar-refractivity contribution in [3.8, 4) is 5.69 Å². The summed E-state index contributed by atoms with van der Waals surface area (Å²) in [5.74, 6) is -0.246. The minimum absolute atomic E-state index is 0.142. The van der Waals surface area contributed by atoms with E-state index in [9.17, 15) is 14.9 Å². The van der Waals surface area contributed by atoms with Gasteiger partial charge < -0.3 is 14.2 Å². The van der Waals surface area contributed by atoms with Gasteiger partial charge in [0.25, 0.3) is 11.6 Å². The fraction of sp³-hybridized carbons (Fsp3) is 0.200. The lowest BCUT2D eigenvalue weighted by Crippen LogP contribution is -2.42. The fourth-order valence-corrected chi connectivity index (χ4v) is 3.31. The average molecular weight is 378 g/mol. The van der Waals surface area contributed by atoms with Gasteiger partial charge in [-0.25, -0.2) is 4.98 Å². The van der Waals surface area contributed by atoms with Crippen LogP contribution in [0.1, 0.15) is 22.0 Å². The van der Waals surface area contributed by atoms with E-state index < -0.39 is 4.92 Å². The van der Waals surface area contributed by atoms with Crippen LogP contribution in [0, 0.1) is 10.1 Å². The fourth-order valence-electron chi connectivity index (χ4n) is 3.31. The Hall–Kier alpha value is -3.52. The maximum absolute atomic E-state index is 13.0. The Labute approximate surface area is 161 Å². The van der Waals surface area contributed by atoms with Crippen molar-refractivity contribution < 1.29 is 14.5 Å². The molecule has 1 aromatic heterocycles. The van der Waals surface area contributed by atoms with E-state index in [1.165, 1.54) is 12.4 Å². The number of morpholine rings is 1. The van der Waals surface area contributed by atoms with Crippen molar-refractivity contribution in [1.82, 2.24) is 14.5 Å². The van der Waals surface area contributed by atoms with E-state index in [2.05, 4.69) is 4.98 Å². The minimum Gasteiger partial charge on any atom is -0.370 e.